The number of aromatic amines is 1. The van der Waals surface area contributed by atoms with Crippen molar-refractivity contribution in [2.45, 2.75) is 13.1 Å². The normalized spacial score (nSPS) is 11.9. The molecule has 2 aromatic heterocycles. The number of aryl methyl sites for hydroxylation is 1. The Morgan fingerprint density at radius 1 is 1.09 bits per heavy atom. The topological polar surface area (TPSA) is 57.8 Å². The predicted octanol–water partition coefficient (Wildman–Crippen LogP) is 6.97. The second kappa shape index (κ2) is 8.51. The third-order valence-corrected chi connectivity index (χ3v) is 5.40. The molecule has 4 rings (SSSR count). The summed E-state index contributed by atoms with van der Waals surface area (Å²) in [4.78, 5) is 19.9. The molecule has 4 aromatic rings. The van der Waals surface area contributed by atoms with Crippen molar-refractivity contribution in [2.75, 3.05) is 5.32 Å². The molecule has 2 N–H and O–H groups in total. The molecule has 0 aliphatic heterocycles. The maximum absolute atomic E-state index is 12.9. The third-order valence-electron chi connectivity index (χ3n) is 4.98. The molecule has 0 atom stereocenters. The molecular weight excluding hydrogens is 439 g/mol. The van der Waals surface area contributed by atoms with E-state index in [1.807, 2.05) is 19.1 Å². The molecule has 2 aromatic carbocycles. The van der Waals surface area contributed by atoms with Gasteiger partial charge in [-0.2, -0.15) is 13.2 Å². The zero-order chi connectivity index (χ0) is 22.9. The van der Waals surface area contributed by atoms with Gasteiger partial charge in [-0.15, -0.1) is 0 Å². The van der Waals surface area contributed by atoms with Crippen molar-refractivity contribution in [3.63, 3.8) is 0 Å². The molecule has 2 heterocycles. The van der Waals surface area contributed by atoms with Gasteiger partial charge in [0.1, 0.15) is 5.65 Å². The highest BCUT2D eigenvalue weighted by Crippen LogP contribution is 2.31. The van der Waals surface area contributed by atoms with E-state index in [4.69, 9.17) is 11.6 Å². The number of hydrogen-bond donors (Lipinski definition) is 2. The number of carbonyl (C=O) groups is 1. The van der Waals surface area contributed by atoms with Crippen molar-refractivity contribution >= 4 is 46.4 Å². The Morgan fingerprint density at radius 2 is 1.88 bits per heavy atom. The van der Waals surface area contributed by atoms with Gasteiger partial charge in [0.25, 0.3) is 5.91 Å². The minimum Gasteiger partial charge on any atom is -0.346 e. The van der Waals surface area contributed by atoms with Crippen LogP contribution in [-0.2, 0) is 6.18 Å². The quantitative estimate of drug-likeness (QED) is 0.349. The molecule has 8 heteroatoms. The molecule has 32 heavy (non-hydrogen) atoms. The number of halogens is 4. The SMILES string of the molecule is Cc1ccc(C(=O)Nc2cccc(C(F)(F)F)c2)cc1C=Cc1cnc2[nH]ccc2c1Cl. The zero-order valence-corrected chi connectivity index (χ0v) is 17.6. The summed E-state index contributed by atoms with van der Waals surface area (Å²) in [6.07, 6.45) is 2.54. The van der Waals surface area contributed by atoms with E-state index in [0.29, 0.717) is 16.2 Å². The molecule has 0 aliphatic rings. The van der Waals surface area contributed by atoms with E-state index < -0.39 is 17.6 Å². The summed E-state index contributed by atoms with van der Waals surface area (Å²) < 4.78 is 38.7. The predicted molar refractivity (Wildman–Crippen MR) is 121 cm³/mol. The molecule has 0 bridgehead atoms. The molecule has 0 fully saturated rings. The van der Waals surface area contributed by atoms with Crippen LogP contribution < -0.4 is 5.32 Å². The monoisotopic (exact) mass is 455 g/mol. The highest BCUT2D eigenvalue weighted by molar-refractivity contribution is 6.36. The highest BCUT2D eigenvalue weighted by Gasteiger charge is 2.30. The maximum atomic E-state index is 12.9. The van der Waals surface area contributed by atoms with E-state index in [-0.39, 0.29) is 5.69 Å². The second-order valence-corrected chi connectivity index (χ2v) is 7.58. The van der Waals surface area contributed by atoms with E-state index in [9.17, 15) is 18.0 Å². The third kappa shape index (κ3) is 4.53. The van der Waals surface area contributed by atoms with Crippen LogP contribution in [0.5, 0.6) is 0 Å². The number of hydrogen-bond acceptors (Lipinski definition) is 2. The molecule has 0 saturated heterocycles. The lowest BCUT2D eigenvalue weighted by Gasteiger charge is -2.11. The molecular formula is C24H17ClF3N3O. The Bertz CT molecular complexity index is 1340. The number of fused-ring (bicyclic) bond motifs is 1. The molecule has 4 nitrogen and oxygen atoms in total. The average Bonchev–Trinajstić information content (AvgIpc) is 3.23. The van der Waals surface area contributed by atoms with Crippen molar-refractivity contribution in [3.8, 4) is 0 Å². The number of carbonyl (C=O) groups excluding carboxylic acids is 1. The molecule has 0 radical (unpaired) electrons. The summed E-state index contributed by atoms with van der Waals surface area (Å²) in [6, 6.07) is 11.4. The summed E-state index contributed by atoms with van der Waals surface area (Å²) >= 11 is 6.45. The Balaban J connectivity index is 1.57. The van der Waals surface area contributed by atoms with E-state index >= 15 is 0 Å². The number of pyridine rings is 1. The largest absolute Gasteiger partial charge is 0.416 e. The fourth-order valence-electron chi connectivity index (χ4n) is 3.22. The van der Waals surface area contributed by atoms with Crippen LogP contribution in [0.3, 0.4) is 0 Å². The van der Waals surface area contributed by atoms with Gasteiger partial charge in [-0.25, -0.2) is 4.98 Å². The second-order valence-electron chi connectivity index (χ2n) is 7.20. The van der Waals surface area contributed by atoms with Gasteiger partial charge in [0.05, 0.1) is 10.6 Å². The fraction of sp³-hybridized carbons (Fsp3) is 0.0833. The minimum atomic E-state index is -4.48. The number of alkyl halides is 3. The van der Waals surface area contributed by atoms with Gasteiger partial charge < -0.3 is 10.3 Å². The fourth-order valence-corrected chi connectivity index (χ4v) is 3.49. The lowest BCUT2D eigenvalue weighted by molar-refractivity contribution is -0.137. The summed E-state index contributed by atoms with van der Waals surface area (Å²) in [5.41, 5.74) is 2.66. The smallest absolute Gasteiger partial charge is 0.346 e. The van der Waals surface area contributed by atoms with Gasteiger partial charge in [0, 0.05) is 34.6 Å². The van der Waals surface area contributed by atoms with Crippen LogP contribution in [0, 0.1) is 6.92 Å². The van der Waals surface area contributed by atoms with Crippen LogP contribution in [0.15, 0.2) is 60.9 Å². The first-order valence-corrected chi connectivity index (χ1v) is 9.99. The molecule has 0 aliphatic carbocycles. The van der Waals surface area contributed by atoms with Gasteiger partial charge in [-0.3, -0.25) is 4.79 Å². The van der Waals surface area contributed by atoms with Crippen molar-refractivity contribution in [1.29, 1.82) is 0 Å². The zero-order valence-electron chi connectivity index (χ0n) is 16.8. The summed E-state index contributed by atoms with van der Waals surface area (Å²) in [7, 11) is 0. The van der Waals surface area contributed by atoms with Crippen LogP contribution in [-0.4, -0.2) is 15.9 Å². The van der Waals surface area contributed by atoms with Gasteiger partial charge >= 0.3 is 6.18 Å². The minimum absolute atomic E-state index is 0.0696. The first-order valence-electron chi connectivity index (χ1n) is 9.61. The molecule has 0 saturated carbocycles. The first-order chi connectivity index (χ1) is 15.2. The first kappa shape index (κ1) is 21.6. The number of amides is 1. The van der Waals surface area contributed by atoms with Gasteiger partial charge in [0.2, 0.25) is 0 Å². The lowest BCUT2D eigenvalue weighted by Crippen LogP contribution is -2.13. The standard InChI is InChI=1S/C24H17ClF3N3O/c1-14-5-6-16(23(32)31-19-4-2-3-18(12-19)24(26,27)28)11-15(14)7-8-17-13-30-22-20(21(17)25)9-10-29-22/h2-13H,1H3,(H,29,30)(H,31,32). The number of nitrogens with zero attached hydrogens (tertiary/aromatic N) is 1. The number of aromatic nitrogens is 2. The van der Waals surface area contributed by atoms with Crippen LogP contribution >= 0.6 is 11.6 Å². The molecule has 0 spiro atoms. The van der Waals surface area contributed by atoms with Crippen LogP contribution in [0.4, 0.5) is 18.9 Å². The Labute approximate surface area is 186 Å². The maximum Gasteiger partial charge on any atom is 0.416 e. The van der Waals surface area contributed by atoms with Gasteiger partial charge in [-0.1, -0.05) is 35.9 Å². The number of nitrogens with one attached hydrogen (secondary N) is 2. The molecule has 0 unspecified atom stereocenters. The Kier molecular flexibility index (Phi) is 5.76. The number of benzene rings is 2. The van der Waals surface area contributed by atoms with Crippen LogP contribution in [0.25, 0.3) is 23.2 Å². The number of H-pyrrole nitrogens is 1. The van der Waals surface area contributed by atoms with Crippen molar-refractivity contribution in [3.05, 3.63) is 93.8 Å². The molecule has 1 amide bonds. The van der Waals surface area contributed by atoms with Crippen molar-refractivity contribution in [1.82, 2.24) is 9.97 Å². The van der Waals surface area contributed by atoms with Crippen LogP contribution in [0.2, 0.25) is 5.02 Å². The number of rotatable bonds is 4. The number of anilines is 1. The average molecular weight is 456 g/mol. The van der Waals surface area contributed by atoms with Gasteiger partial charge in [0.15, 0.2) is 0 Å². The summed E-state index contributed by atoms with van der Waals surface area (Å²) in [5, 5.41) is 3.88. The Hall–Kier alpha value is -3.58. The molecule has 162 valence electrons. The summed E-state index contributed by atoms with van der Waals surface area (Å²) in [5.74, 6) is -0.507. The Morgan fingerprint density at radius 3 is 2.66 bits per heavy atom. The van der Waals surface area contributed by atoms with Gasteiger partial charge in [-0.05, 0) is 54.4 Å². The van der Waals surface area contributed by atoms with E-state index in [0.717, 1.165) is 34.2 Å². The summed E-state index contributed by atoms with van der Waals surface area (Å²) in [6.45, 7) is 1.89. The van der Waals surface area contributed by atoms with E-state index in [1.54, 1.807) is 36.7 Å². The van der Waals surface area contributed by atoms with Crippen molar-refractivity contribution in [2.24, 2.45) is 0 Å². The lowest BCUT2D eigenvalue weighted by atomic mass is 10.0. The van der Waals surface area contributed by atoms with Crippen molar-refractivity contribution < 1.29 is 18.0 Å². The van der Waals surface area contributed by atoms with Crippen LogP contribution in [0.1, 0.15) is 32.6 Å². The van der Waals surface area contributed by atoms with E-state index in [2.05, 4.69) is 15.3 Å². The highest BCUT2D eigenvalue weighted by atomic mass is 35.5. The van der Waals surface area contributed by atoms with E-state index in [1.165, 1.54) is 12.1 Å².